The molecule has 1 aliphatic carbocycles. The molecule has 19 heavy (non-hydrogen) atoms. The Balaban J connectivity index is 1.71. The summed E-state index contributed by atoms with van der Waals surface area (Å²) in [7, 11) is 0. The van der Waals surface area contributed by atoms with Gasteiger partial charge in [0.15, 0.2) is 0 Å². The first-order chi connectivity index (χ1) is 9.15. The standard InChI is InChI=1S/C15H23N3O/c1-12-4-2-3-5-13(12)6-9-17-11-15(7-8-15)10-14(16)18-19/h2-5,17,19H,6-11H2,1H3,(H2,16,18). The second kappa shape index (κ2) is 6.06. The van der Waals surface area contributed by atoms with Crippen molar-refractivity contribution in [2.24, 2.45) is 16.3 Å². The minimum atomic E-state index is 0.238. The second-order valence-electron chi connectivity index (χ2n) is 5.62. The van der Waals surface area contributed by atoms with E-state index in [0.717, 1.165) is 19.5 Å². The average Bonchev–Trinajstić information content (AvgIpc) is 3.16. The summed E-state index contributed by atoms with van der Waals surface area (Å²) in [6.07, 6.45) is 4.08. The van der Waals surface area contributed by atoms with Crippen molar-refractivity contribution in [2.75, 3.05) is 13.1 Å². The molecule has 1 aliphatic rings. The van der Waals surface area contributed by atoms with Crippen LogP contribution in [0.3, 0.4) is 0 Å². The molecule has 0 amide bonds. The van der Waals surface area contributed by atoms with E-state index in [-0.39, 0.29) is 5.41 Å². The fourth-order valence-electron chi connectivity index (χ4n) is 2.48. The molecular formula is C15H23N3O. The largest absolute Gasteiger partial charge is 0.409 e. The summed E-state index contributed by atoms with van der Waals surface area (Å²) in [6, 6.07) is 8.49. The molecule has 4 N–H and O–H groups in total. The van der Waals surface area contributed by atoms with Crippen molar-refractivity contribution in [3.63, 3.8) is 0 Å². The number of oxime groups is 1. The van der Waals surface area contributed by atoms with Crippen LogP contribution in [0.4, 0.5) is 0 Å². The van der Waals surface area contributed by atoms with Crippen molar-refractivity contribution in [1.29, 1.82) is 0 Å². The number of amidine groups is 1. The fraction of sp³-hybridized carbons (Fsp3) is 0.533. The quantitative estimate of drug-likeness (QED) is 0.231. The van der Waals surface area contributed by atoms with Crippen molar-refractivity contribution in [1.82, 2.24) is 5.32 Å². The number of rotatable bonds is 7. The molecule has 1 aromatic carbocycles. The van der Waals surface area contributed by atoms with E-state index < -0.39 is 0 Å². The minimum absolute atomic E-state index is 0.238. The van der Waals surface area contributed by atoms with E-state index in [2.05, 4.69) is 41.7 Å². The molecule has 0 unspecified atom stereocenters. The Morgan fingerprint density at radius 1 is 1.42 bits per heavy atom. The molecule has 0 aliphatic heterocycles. The minimum Gasteiger partial charge on any atom is -0.409 e. The van der Waals surface area contributed by atoms with Crippen molar-refractivity contribution in [3.8, 4) is 0 Å². The summed E-state index contributed by atoms with van der Waals surface area (Å²) >= 11 is 0. The monoisotopic (exact) mass is 261 g/mol. The Morgan fingerprint density at radius 3 is 2.79 bits per heavy atom. The van der Waals surface area contributed by atoms with Crippen LogP contribution in [0.15, 0.2) is 29.4 Å². The van der Waals surface area contributed by atoms with Crippen LogP contribution >= 0.6 is 0 Å². The molecule has 0 bridgehead atoms. The highest BCUT2D eigenvalue weighted by Gasteiger charge is 2.42. The third kappa shape index (κ3) is 3.96. The van der Waals surface area contributed by atoms with Gasteiger partial charge in [0.1, 0.15) is 5.84 Å². The van der Waals surface area contributed by atoms with Gasteiger partial charge in [-0.1, -0.05) is 29.4 Å². The Labute approximate surface area is 114 Å². The lowest BCUT2D eigenvalue weighted by Gasteiger charge is -2.15. The number of benzene rings is 1. The molecule has 0 aromatic heterocycles. The van der Waals surface area contributed by atoms with Crippen LogP contribution in [0.25, 0.3) is 0 Å². The summed E-state index contributed by atoms with van der Waals surface area (Å²) < 4.78 is 0. The van der Waals surface area contributed by atoms with Gasteiger partial charge in [0, 0.05) is 13.0 Å². The number of hydrogen-bond donors (Lipinski definition) is 3. The van der Waals surface area contributed by atoms with Gasteiger partial charge < -0.3 is 16.3 Å². The van der Waals surface area contributed by atoms with Gasteiger partial charge in [0.2, 0.25) is 0 Å². The van der Waals surface area contributed by atoms with Crippen LogP contribution < -0.4 is 11.1 Å². The lowest BCUT2D eigenvalue weighted by atomic mass is 10.0. The predicted octanol–water partition coefficient (Wildman–Crippen LogP) is 2.04. The molecule has 1 fully saturated rings. The molecule has 1 saturated carbocycles. The topological polar surface area (TPSA) is 70.6 Å². The van der Waals surface area contributed by atoms with Crippen LogP contribution in [-0.2, 0) is 6.42 Å². The van der Waals surface area contributed by atoms with E-state index in [4.69, 9.17) is 10.9 Å². The van der Waals surface area contributed by atoms with Crippen molar-refractivity contribution in [3.05, 3.63) is 35.4 Å². The van der Waals surface area contributed by atoms with Crippen molar-refractivity contribution in [2.45, 2.75) is 32.6 Å². The van der Waals surface area contributed by atoms with Crippen molar-refractivity contribution >= 4 is 5.84 Å². The van der Waals surface area contributed by atoms with E-state index in [0.29, 0.717) is 12.3 Å². The van der Waals surface area contributed by atoms with Crippen LogP contribution in [0.2, 0.25) is 0 Å². The molecule has 0 atom stereocenters. The maximum absolute atomic E-state index is 8.62. The predicted molar refractivity (Wildman–Crippen MR) is 77.4 cm³/mol. The SMILES string of the molecule is Cc1ccccc1CCNCC1(CC(N)=NO)CC1. The van der Waals surface area contributed by atoms with E-state index in [9.17, 15) is 0 Å². The van der Waals surface area contributed by atoms with E-state index in [1.165, 1.54) is 24.0 Å². The Hall–Kier alpha value is -1.55. The van der Waals surface area contributed by atoms with Crippen LogP contribution in [0.5, 0.6) is 0 Å². The highest BCUT2D eigenvalue weighted by molar-refractivity contribution is 5.80. The van der Waals surface area contributed by atoms with E-state index in [1.807, 2.05) is 0 Å². The molecule has 2 rings (SSSR count). The van der Waals surface area contributed by atoms with Crippen LogP contribution in [-0.4, -0.2) is 24.1 Å². The molecule has 1 aromatic rings. The molecular weight excluding hydrogens is 238 g/mol. The molecule has 104 valence electrons. The lowest BCUT2D eigenvalue weighted by molar-refractivity contribution is 0.314. The molecule has 0 spiro atoms. The maximum Gasteiger partial charge on any atom is 0.139 e. The Morgan fingerprint density at radius 2 is 2.16 bits per heavy atom. The summed E-state index contributed by atoms with van der Waals surface area (Å²) in [5.41, 5.74) is 8.57. The first kappa shape index (κ1) is 13.9. The average molecular weight is 261 g/mol. The van der Waals surface area contributed by atoms with E-state index >= 15 is 0 Å². The summed E-state index contributed by atoms with van der Waals surface area (Å²) in [6.45, 7) is 4.08. The smallest absolute Gasteiger partial charge is 0.139 e. The zero-order valence-corrected chi connectivity index (χ0v) is 11.5. The van der Waals surface area contributed by atoms with Gasteiger partial charge in [-0.05, 0) is 49.3 Å². The highest BCUT2D eigenvalue weighted by atomic mass is 16.4. The van der Waals surface area contributed by atoms with Gasteiger partial charge in [-0.3, -0.25) is 0 Å². The first-order valence-electron chi connectivity index (χ1n) is 6.87. The maximum atomic E-state index is 8.62. The normalized spacial score (nSPS) is 17.4. The van der Waals surface area contributed by atoms with Gasteiger partial charge in [0.25, 0.3) is 0 Å². The van der Waals surface area contributed by atoms with Gasteiger partial charge in [-0.15, -0.1) is 0 Å². The molecule has 4 heteroatoms. The number of nitrogens with zero attached hydrogens (tertiary/aromatic N) is 1. The van der Waals surface area contributed by atoms with Crippen molar-refractivity contribution < 1.29 is 5.21 Å². The number of nitrogens with one attached hydrogen (secondary N) is 1. The Bertz CT molecular complexity index is 452. The molecule has 0 saturated heterocycles. The van der Waals surface area contributed by atoms with E-state index in [1.54, 1.807) is 0 Å². The Kier molecular flexibility index (Phi) is 4.43. The summed E-state index contributed by atoms with van der Waals surface area (Å²) in [5.74, 6) is 0.346. The first-order valence-corrected chi connectivity index (χ1v) is 6.87. The lowest BCUT2D eigenvalue weighted by Crippen LogP contribution is -2.29. The van der Waals surface area contributed by atoms with Crippen LogP contribution in [0, 0.1) is 12.3 Å². The molecule has 4 nitrogen and oxygen atoms in total. The van der Waals surface area contributed by atoms with Crippen LogP contribution in [0.1, 0.15) is 30.4 Å². The zero-order valence-electron chi connectivity index (χ0n) is 11.5. The zero-order chi connectivity index (χ0) is 13.7. The molecule has 0 heterocycles. The van der Waals surface area contributed by atoms with Gasteiger partial charge in [0.05, 0.1) is 0 Å². The third-order valence-corrected chi connectivity index (χ3v) is 3.97. The summed E-state index contributed by atoms with van der Waals surface area (Å²) in [4.78, 5) is 0. The van der Waals surface area contributed by atoms with Gasteiger partial charge >= 0.3 is 0 Å². The van der Waals surface area contributed by atoms with Gasteiger partial charge in [-0.25, -0.2) is 0 Å². The number of hydrogen-bond acceptors (Lipinski definition) is 3. The highest BCUT2D eigenvalue weighted by Crippen LogP contribution is 2.48. The number of aryl methyl sites for hydroxylation is 1. The number of nitrogens with two attached hydrogens (primary N) is 1. The van der Waals surface area contributed by atoms with Gasteiger partial charge in [-0.2, -0.15) is 0 Å². The summed E-state index contributed by atoms with van der Waals surface area (Å²) in [5, 5.41) is 15.2. The fourth-order valence-corrected chi connectivity index (χ4v) is 2.48. The molecule has 0 radical (unpaired) electrons. The third-order valence-electron chi connectivity index (χ3n) is 3.97. The second-order valence-corrected chi connectivity index (χ2v) is 5.62.